The second-order valence-electron chi connectivity index (χ2n) is 9.94. The van der Waals surface area contributed by atoms with Crippen LogP contribution in [0, 0.1) is 0 Å². The third-order valence-corrected chi connectivity index (χ3v) is 8.64. The van der Waals surface area contributed by atoms with Crippen molar-refractivity contribution >= 4 is 44.4 Å². The molecule has 1 aliphatic rings. The smallest absolute Gasteiger partial charge is 0.222 e. The lowest BCUT2D eigenvalue weighted by Crippen LogP contribution is -2.59. The third kappa shape index (κ3) is 8.17. The van der Waals surface area contributed by atoms with Gasteiger partial charge in [-0.1, -0.05) is 38.5 Å². The summed E-state index contributed by atoms with van der Waals surface area (Å²) in [6.07, 6.45) is 4.90. The van der Waals surface area contributed by atoms with E-state index >= 15 is 0 Å². The van der Waals surface area contributed by atoms with E-state index in [1.807, 2.05) is 6.33 Å². The zero-order chi connectivity index (χ0) is 27.8. The van der Waals surface area contributed by atoms with Gasteiger partial charge in [0.05, 0.1) is 18.6 Å². The average molecular weight is 629 g/mol. The summed E-state index contributed by atoms with van der Waals surface area (Å²) in [5, 5.41) is 40.9. The lowest BCUT2D eigenvalue weighted by Gasteiger charge is -2.39. The van der Waals surface area contributed by atoms with Crippen LogP contribution in [0.5, 0.6) is 0 Å². The minimum Gasteiger partial charge on any atom is -0.394 e. The first-order chi connectivity index (χ1) is 18.9. The van der Waals surface area contributed by atoms with Crippen LogP contribution in [0.15, 0.2) is 22.2 Å². The van der Waals surface area contributed by atoms with E-state index in [1.165, 1.54) is 4.88 Å². The van der Waals surface area contributed by atoms with Gasteiger partial charge < -0.3 is 40.2 Å². The van der Waals surface area contributed by atoms with Gasteiger partial charge in [-0.15, -0.1) is 11.3 Å². The number of thiophene rings is 1. The summed E-state index contributed by atoms with van der Waals surface area (Å²) in [4.78, 5) is 14.7. The van der Waals surface area contributed by atoms with E-state index in [2.05, 4.69) is 46.9 Å². The maximum absolute atomic E-state index is 10.00. The fourth-order valence-electron chi connectivity index (χ4n) is 4.77. The zero-order valence-corrected chi connectivity index (χ0v) is 24.3. The topological polar surface area (TPSA) is 169 Å². The summed E-state index contributed by atoms with van der Waals surface area (Å²) in [5.41, 5.74) is 8.46. The van der Waals surface area contributed by atoms with Crippen molar-refractivity contribution in [1.82, 2.24) is 19.5 Å². The Labute approximate surface area is 240 Å². The van der Waals surface area contributed by atoms with Crippen molar-refractivity contribution in [3.63, 3.8) is 0 Å². The molecule has 0 aliphatic carbocycles. The Morgan fingerprint density at radius 2 is 1.72 bits per heavy atom. The first-order valence-electron chi connectivity index (χ1n) is 13.5. The number of halogens is 1. The Morgan fingerprint density at radius 3 is 2.41 bits per heavy atom. The number of hydrogen-bond acceptors (Lipinski definition) is 11. The Bertz CT molecular complexity index is 1180. The Hall–Kier alpha value is -1.71. The highest BCUT2D eigenvalue weighted by Gasteiger charge is 2.43. The van der Waals surface area contributed by atoms with Crippen molar-refractivity contribution in [1.29, 1.82) is 0 Å². The van der Waals surface area contributed by atoms with Crippen molar-refractivity contribution < 1.29 is 29.9 Å². The second kappa shape index (κ2) is 14.8. The predicted octanol–water partition coefficient (Wildman–Crippen LogP) is 2.76. The molecule has 1 aliphatic heterocycles. The van der Waals surface area contributed by atoms with Gasteiger partial charge in [-0.2, -0.15) is 4.98 Å². The molecule has 0 radical (unpaired) electrons. The van der Waals surface area contributed by atoms with Crippen molar-refractivity contribution in [2.75, 3.05) is 18.9 Å². The van der Waals surface area contributed by atoms with E-state index in [0.717, 1.165) is 79.2 Å². The molecule has 0 bridgehead atoms. The highest BCUT2D eigenvalue weighted by atomic mass is 79.9. The zero-order valence-electron chi connectivity index (χ0n) is 21.9. The van der Waals surface area contributed by atoms with Gasteiger partial charge in [0.25, 0.3) is 0 Å². The minimum absolute atomic E-state index is 0.272. The van der Waals surface area contributed by atoms with Crippen LogP contribution >= 0.6 is 27.3 Å². The molecule has 0 amide bonds. The van der Waals surface area contributed by atoms with E-state index in [4.69, 9.17) is 15.2 Å². The number of aliphatic hydroxyl groups excluding tert-OH is 4. The van der Waals surface area contributed by atoms with E-state index in [1.54, 1.807) is 11.3 Å². The summed E-state index contributed by atoms with van der Waals surface area (Å²) < 4.78 is 14.0. The first-order valence-corrected chi connectivity index (χ1v) is 15.2. The molecule has 4 heterocycles. The van der Waals surface area contributed by atoms with Crippen LogP contribution in [0.25, 0.3) is 11.2 Å². The van der Waals surface area contributed by atoms with Crippen LogP contribution in [0.2, 0.25) is 0 Å². The number of nitrogen functional groups attached to an aromatic ring is 1. The molecule has 0 spiro atoms. The van der Waals surface area contributed by atoms with Gasteiger partial charge in [0.2, 0.25) is 5.95 Å². The van der Waals surface area contributed by atoms with Crippen LogP contribution in [-0.4, -0.2) is 83.9 Å². The maximum Gasteiger partial charge on any atom is 0.222 e. The lowest BCUT2D eigenvalue weighted by molar-refractivity contribution is -0.301. The lowest BCUT2D eigenvalue weighted by atomic mass is 9.99. The number of nitrogens with two attached hydrogens (primary N) is 1. The number of unbranched alkanes of at least 4 members (excludes halogenated alkanes) is 7. The number of rotatable bonds is 15. The van der Waals surface area contributed by atoms with E-state index in [9.17, 15) is 20.4 Å². The van der Waals surface area contributed by atoms with E-state index < -0.39 is 37.3 Å². The summed E-state index contributed by atoms with van der Waals surface area (Å²) >= 11 is 5.17. The second-order valence-corrected chi connectivity index (χ2v) is 11.9. The highest BCUT2D eigenvalue weighted by Crippen LogP contribution is 2.25. The van der Waals surface area contributed by atoms with Crippen molar-refractivity contribution in [2.24, 2.45) is 0 Å². The number of aliphatic hydroxyl groups is 4. The van der Waals surface area contributed by atoms with Crippen LogP contribution in [0.1, 0.15) is 61.9 Å². The molecule has 1 fully saturated rings. The van der Waals surface area contributed by atoms with Gasteiger partial charge in [0.1, 0.15) is 29.9 Å². The third-order valence-electron chi connectivity index (χ3n) is 6.94. The van der Waals surface area contributed by atoms with Gasteiger partial charge in [0.15, 0.2) is 11.9 Å². The van der Waals surface area contributed by atoms with Gasteiger partial charge in [-0.25, -0.2) is 9.97 Å². The summed E-state index contributed by atoms with van der Waals surface area (Å²) in [7, 11) is 0. The Kier molecular flexibility index (Phi) is 11.5. The molecule has 39 heavy (non-hydrogen) atoms. The molecule has 3 aromatic rings. The van der Waals surface area contributed by atoms with Crippen LogP contribution in [0.4, 0.5) is 5.95 Å². The van der Waals surface area contributed by atoms with E-state index in [0.29, 0.717) is 13.0 Å². The fourth-order valence-corrected chi connectivity index (χ4v) is 6.22. The SMILES string of the molecule is Nc1nc(Cc2cc(Br)cs2)c2ncn(CCCCCCCCCCO[C@@H]3O[C@H](CO)[C@@H](O)[C@H](O)[C@H]3O)c2n1. The standard InChI is InChI=1S/C26H38BrN5O6S/c27-16-11-17(39-14-16)12-18-20-24(31-26(28)30-18)32(15-29-20)9-7-5-3-1-2-4-6-8-10-37-25-23(36)22(35)21(34)19(13-33)38-25/h11,14-15,19,21-23,25,33-36H,1-10,12-13H2,(H2,28,30,31)/t19-,21-,22+,23-,25-/m1/s1. The molecule has 1 saturated heterocycles. The predicted molar refractivity (Wildman–Crippen MR) is 151 cm³/mol. The summed E-state index contributed by atoms with van der Waals surface area (Å²) in [6, 6.07) is 2.09. The molecule has 4 rings (SSSR count). The van der Waals surface area contributed by atoms with Crippen molar-refractivity contribution in [3.8, 4) is 0 Å². The van der Waals surface area contributed by atoms with Gasteiger partial charge in [-0.05, 0) is 34.8 Å². The van der Waals surface area contributed by atoms with Crippen LogP contribution in [0.3, 0.4) is 0 Å². The molecule has 3 aromatic heterocycles. The van der Waals surface area contributed by atoms with Crippen LogP contribution < -0.4 is 5.73 Å². The quantitative estimate of drug-likeness (QED) is 0.158. The highest BCUT2D eigenvalue weighted by molar-refractivity contribution is 9.10. The largest absolute Gasteiger partial charge is 0.394 e. The normalized spacial score (nSPS) is 23.6. The number of aryl methyl sites for hydroxylation is 1. The molecular weight excluding hydrogens is 590 g/mol. The number of ether oxygens (including phenoxy) is 2. The summed E-state index contributed by atoms with van der Waals surface area (Å²) in [5.74, 6) is 0.272. The number of aromatic nitrogens is 4. The minimum atomic E-state index is -1.41. The summed E-state index contributed by atoms with van der Waals surface area (Å²) in [6.45, 7) is 0.760. The number of imidazole rings is 1. The molecule has 5 atom stereocenters. The van der Waals surface area contributed by atoms with Gasteiger partial charge in [0, 0.05) is 34.3 Å². The molecule has 11 nitrogen and oxygen atoms in total. The first kappa shape index (κ1) is 30.3. The molecule has 6 N–H and O–H groups in total. The number of anilines is 1. The Morgan fingerprint density at radius 1 is 1.00 bits per heavy atom. The fraction of sp³-hybridized carbons (Fsp3) is 0.654. The van der Waals surface area contributed by atoms with Crippen molar-refractivity contribution in [3.05, 3.63) is 32.8 Å². The van der Waals surface area contributed by atoms with Crippen molar-refractivity contribution in [2.45, 2.75) is 95.0 Å². The molecule has 13 heteroatoms. The molecule has 0 unspecified atom stereocenters. The monoisotopic (exact) mass is 627 g/mol. The maximum atomic E-state index is 10.00. The number of hydrogen-bond donors (Lipinski definition) is 5. The number of nitrogens with zero attached hydrogens (tertiary/aromatic N) is 4. The molecule has 0 aromatic carbocycles. The number of fused-ring (bicyclic) bond motifs is 1. The molecule has 0 saturated carbocycles. The van der Waals surface area contributed by atoms with E-state index in [-0.39, 0.29) is 5.95 Å². The van der Waals surface area contributed by atoms with Gasteiger partial charge in [-0.3, -0.25) is 0 Å². The average Bonchev–Trinajstić information content (AvgIpc) is 3.52. The van der Waals surface area contributed by atoms with Gasteiger partial charge >= 0.3 is 0 Å². The Balaban J connectivity index is 1.09. The van der Waals surface area contributed by atoms with Crippen LogP contribution in [-0.2, 0) is 22.4 Å². The molecular formula is C26H38BrN5O6S. The molecule has 216 valence electrons.